The van der Waals surface area contributed by atoms with E-state index >= 15 is 0 Å². The van der Waals surface area contributed by atoms with E-state index in [2.05, 4.69) is 4.90 Å². The molecule has 2 aliphatic heterocycles. The van der Waals surface area contributed by atoms with E-state index in [0.717, 1.165) is 24.0 Å². The van der Waals surface area contributed by atoms with E-state index < -0.39 is 11.5 Å². The third kappa shape index (κ3) is 3.55. The minimum Gasteiger partial charge on any atom is -0.369 e. The quantitative estimate of drug-likeness (QED) is 0.772. The van der Waals surface area contributed by atoms with E-state index in [1.165, 1.54) is 24.2 Å². The van der Waals surface area contributed by atoms with Crippen LogP contribution in [0.15, 0.2) is 18.2 Å². The van der Waals surface area contributed by atoms with Crippen LogP contribution in [0.1, 0.15) is 62.5 Å². The zero-order chi connectivity index (χ0) is 21.5. The monoisotopic (exact) mass is 411 g/mol. The lowest BCUT2D eigenvalue weighted by atomic mass is 9.63. The van der Waals surface area contributed by atoms with Gasteiger partial charge in [-0.1, -0.05) is 37.0 Å². The lowest BCUT2D eigenvalue weighted by molar-refractivity contribution is -0.137. The summed E-state index contributed by atoms with van der Waals surface area (Å²) in [5, 5.41) is 0. The molecule has 1 saturated carbocycles. The van der Waals surface area contributed by atoms with Crippen molar-refractivity contribution in [2.24, 2.45) is 17.1 Å². The number of nitrogens with zero attached hydrogens (tertiary/aromatic N) is 2. The van der Waals surface area contributed by atoms with Gasteiger partial charge < -0.3 is 5.73 Å². The standard InChI is InChI=1S/C24H33N3O3/c1-16-8-9-19(17(2)14-16)27-21(28)15-20(22(27)29)26-12-10-24(11-13-26,23(25)30)18-6-4-3-5-7-18/h8-9,14,18,20H,3-7,10-13,15H2,1-2H3,(H2,25,30)/t20-/m1/s1. The molecule has 1 aromatic rings. The number of carbonyl (C=O) groups is 3. The fourth-order valence-electron chi connectivity index (χ4n) is 5.96. The van der Waals surface area contributed by atoms with Crippen molar-refractivity contribution < 1.29 is 14.4 Å². The number of anilines is 1. The fourth-order valence-corrected chi connectivity index (χ4v) is 5.96. The van der Waals surface area contributed by atoms with E-state index in [0.29, 0.717) is 37.5 Å². The van der Waals surface area contributed by atoms with Gasteiger partial charge in [0.2, 0.25) is 11.8 Å². The highest BCUT2D eigenvalue weighted by Gasteiger charge is 2.50. The SMILES string of the molecule is Cc1ccc(N2C(=O)C[C@@H](N3CCC(C(N)=O)(C4CCCCC4)CC3)C2=O)c(C)c1. The zero-order valence-electron chi connectivity index (χ0n) is 18.2. The minimum atomic E-state index is -0.449. The Balaban J connectivity index is 1.49. The van der Waals surface area contributed by atoms with Crippen LogP contribution in [0.2, 0.25) is 0 Å². The summed E-state index contributed by atoms with van der Waals surface area (Å²) in [6, 6.07) is 5.36. The van der Waals surface area contributed by atoms with E-state index in [1.807, 2.05) is 32.0 Å². The van der Waals surface area contributed by atoms with Crippen LogP contribution in [0.5, 0.6) is 0 Å². The molecule has 1 aromatic carbocycles. The Morgan fingerprint density at radius 2 is 1.73 bits per heavy atom. The maximum atomic E-state index is 13.2. The average Bonchev–Trinajstić information content (AvgIpc) is 3.03. The largest absolute Gasteiger partial charge is 0.369 e. The van der Waals surface area contributed by atoms with Gasteiger partial charge in [0.15, 0.2) is 0 Å². The Hall–Kier alpha value is -2.21. The lowest BCUT2D eigenvalue weighted by Crippen LogP contribution is -2.54. The van der Waals surface area contributed by atoms with Crippen LogP contribution in [0.25, 0.3) is 0 Å². The van der Waals surface area contributed by atoms with Crippen LogP contribution < -0.4 is 10.6 Å². The third-order valence-corrected chi connectivity index (χ3v) is 7.72. The van der Waals surface area contributed by atoms with Gasteiger partial charge in [-0.2, -0.15) is 0 Å². The van der Waals surface area contributed by atoms with Gasteiger partial charge in [0.25, 0.3) is 5.91 Å². The van der Waals surface area contributed by atoms with Crippen molar-refractivity contribution in [3.63, 3.8) is 0 Å². The molecule has 0 spiro atoms. The molecule has 6 heteroatoms. The Morgan fingerprint density at radius 3 is 2.33 bits per heavy atom. The number of hydrogen-bond donors (Lipinski definition) is 1. The number of hydrogen-bond acceptors (Lipinski definition) is 4. The molecule has 0 radical (unpaired) electrons. The number of imide groups is 1. The molecule has 3 aliphatic rings. The number of primary amides is 1. The van der Waals surface area contributed by atoms with Crippen LogP contribution in [0.4, 0.5) is 5.69 Å². The Labute approximate surface area is 178 Å². The maximum Gasteiger partial charge on any atom is 0.251 e. The number of likely N-dealkylation sites (tertiary alicyclic amines) is 1. The Kier molecular flexibility index (Phi) is 5.71. The molecule has 30 heavy (non-hydrogen) atoms. The summed E-state index contributed by atoms with van der Waals surface area (Å²) in [4.78, 5) is 41.9. The predicted molar refractivity (Wildman–Crippen MR) is 116 cm³/mol. The van der Waals surface area contributed by atoms with Gasteiger partial charge in [0.1, 0.15) is 0 Å². The topological polar surface area (TPSA) is 83.7 Å². The van der Waals surface area contributed by atoms with Gasteiger partial charge >= 0.3 is 0 Å². The summed E-state index contributed by atoms with van der Waals surface area (Å²) in [5.74, 6) is -0.106. The third-order valence-electron chi connectivity index (χ3n) is 7.72. The molecule has 162 valence electrons. The normalized spacial score (nSPS) is 25.7. The van der Waals surface area contributed by atoms with Crippen molar-refractivity contribution in [3.8, 4) is 0 Å². The van der Waals surface area contributed by atoms with Crippen LogP contribution in [0.3, 0.4) is 0 Å². The molecule has 6 nitrogen and oxygen atoms in total. The fraction of sp³-hybridized carbons (Fsp3) is 0.625. The molecule has 2 saturated heterocycles. The van der Waals surface area contributed by atoms with Crippen LogP contribution in [0, 0.1) is 25.2 Å². The number of benzene rings is 1. The van der Waals surface area contributed by atoms with Gasteiger partial charge in [0.05, 0.1) is 23.6 Å². The number of piperidine rings is 1. The van der Waals surface area contributed by atoms with Gasteiger partial charge in [-0.05, 0) is 70.2 Å². The highest BCUT2D eigenvalue weighted by Crippen LogP contribution is 2.46. The average molecular weight is 412 g/mol. The van der Waals surface area contributed by atoms with E-state index in [1.54, 1.807) is 0 Å². The molecule has 3 amide bonds. The van der Waals surface area contributed by atoms with Gasteiger partial charge in [-0.3, -0.25) is 19.3 Å². The number of carbonyl (C=O) groups excluding carboxylic acids is 3. The highest BCUT2D eigenvalue weighted by atomic mass is 16.2. The van der Waals surface area contributed by atoms with Crippen molar-refractivity contribution in [1.29, 1.82) is 0 Å². The zero-order valence-corrected chi connectivity index (χ0v) is 18.2. The first-order valence-electron chi connectivity index (χ1n) is 11.3. The number of rotatable bonds is 4. The maximum absolute atomic E-state index is 13.2. The second-order valence-electron chi connectivity index (χ2n) is 9.47. The van der Waals surface area contributed by atoms with Crippen molar-refractivity contribution in [3.05, 3.63) is 29.3 Å². The van der Waals surface area contributed by atoms with Crippen molar-refractivity contribution in [2.75, 3.05) is 18.0 Å². The molecule has 4 rings (SSSR count). The number of aryl methyl sites for hydroxylation is 2. The molecule has 2 heterocycles. The predicted octanol–water partition coefficient (Wildman–Crippen LogP) is 3.08. The second kappa shape index (κ2) is 8.14. The molecule has 0 unspecified atom stereocenters. The van der Waals surface area contributed by atoms with Gasteiger partial charge in [0, 0.05) is 0 Å². The van der Waals surface area contributed by atoms with Crippen molar-refractivity contribution in [1.82, 2.24) is 4.90 Å². The Morgan fingerprint density at radius 1 is 1.07 bits per heavy atom. The molecule has 0 bridgehead atoms. The molecular weight excluding hydrogens is 378 g/mol. The van der Waals surface area contributed by atoms with Gasteiger partial charge in [-0.15, -0.1) is 0 Å². The first kappa shape index (κ1) is 21.0. The van der Waals surface area contributed by atoms with E-state index in [9.17, 15) is 14.4 Å². The first-order chi connectivity index (χ1) is 14.3. The second-order valence-corrected chi connectivity index (χ2v) is 9.47. The van der Waals surface area contributed by atoms with E-state index in [4.69, 9.17) is 5.73 Å². The summed E-state index contributed by atoms with van der Waals surface area (Å²) >= 11 is 0. The smallest absolute Gasteiger partial charge is 0.251 e. The van der Waals surface area contributed by atoms with Crippen LogP contribution in [-0.2, 0) is 14.4 Å². The first-order valence-corrected chi connectivity index (χ1v) is 11.3. The van der Waals surface area contributed by atoms with E-state index in [-0.39, 0.29) is 24.1 Å². The summed E-state index contributed by atoms with van der Waals surface area (Å²) in [6.07, 6.45) is 7.31. The molecule has 3 fully saturated rings. The van der Waals surface area contributed by atoms with Crippen LogP contribution in [-0.4, -0.2) is 41.8 Å². The van der Waals surface area contributed by atoms with Crippen molar-refractivity contribution in [2.45, 2.75) is 71.3 Å². The van der Waals surface area contributed by atoms with Crippen LogP contribution >= 0.6 is 0 Å². The Bertz CT molecular complexity index is 851. The number of nitrogens with two attached hydrogens (primary N) is 1. The minimum absolute atomic E-state index is 0.142. The number of amides is 3. The van der Waals surface area contributed by atoms with Gasteiger partial charge in [-0.25, -0.2) is 4.90 Å². The molecule has 0 aromatic heterocycles. The molecule has 1 atom stereocenters. The summed E-state index contributed by atoms with van der Waals surface area (Å²) in [5.41, 5.74) is 8.19. The molecule has 1 aliphatic carbocycles. The highest BCUT2D eigenvalue weighted by molar-refractivity contribution is 6.22. The molecule has 2 N–H and O–H groups in total. The summed E-state index contributed by atoms with van der Waals surface area (Å²) in [6.45, 7) is 5.22. The summed E-state index contributed by atoms with van der Waals surface area (Å²) < 4.78 is 0. The molecular formula is C24H33N3O3. The van der Waals surface area contributed by atoms with Crippen molar-refractivity contribution >= 4 is 23.4 Å². The summed E-state index contributed by atoms with van der Waals surface area (Å²) in [7, 11) is 0. The lowest BCUT2D eigenvalue weighted by Gasteiger charge is -2.46.